The molecule has 1 aromatic rings. The molecule has 0 radical (unpaired) electrons. The fourth-order valence-electron chi connectivity index (χ4n) is 1.34. The van der Waals surface area contributed by atoms with Gasteiger partial charge < -0.3 is 10.6 Å². The van der Waals surface area contributed by atoms with E-state index < -0.39 is 18.9 Å². The highest BCUT2D eigenvalue weighted by Crippen LogP contribution is 2.05. The van der Waals surface area contributed by atoms with Crippen molar-refractivity contribution in [2.45, 2.75) is 6.43 Å². The number of nitrogens with zero attached hydrogens (tertiary/aromatic N) is 3. The molecule has 0 aliphatic carbocycles. The van der Waals surface area contributed by atoms with E-state index in [-0.39, 0.29) is 18.8 Å². The zero-order chi connectivity index (χ0) is 12.1. The monoisotopic (exact) mass is 232 g/mol. The quantitative estimate of drug-likeness (QED) is 0.782. The van der Waals surface area contributed by atoms with E-state index in [0.29, 0.717) is 0 Å². The Morgan fingerprint density at radius 2 is 2.38 bits per heavy atom. The summed E-state index contributed by atoms with van der Waals surface area (Å²) in [5.41, 5.74) is 5.55. The minimum absolute atomic E-state index is 0.106. The second-order valence-corrected chi connectivity index (χ2v) is 3.27. The van der Waals surface area contributed by atoms with E-state index in [2.05, 4.69) is 5.10 Å². The molecule has 1 aromatic heterocycles. The second-order valence-electron chi connectivity index (χ2n) is 3.27. The van der Waals surface area contributed by atoms with Crippen LogP contribution in [0, 0.1) is 0 Å². The van der Waals surface area contributed by atoms with Gasteiger partial charge in [0.25, 0.3) is 12.3 Å². The third-order valence-corrected chi connectivity index (χ3v) is 2.08. The van der Waals surface area contributed by atoms with Crippen LogP contribution < -0.4 is 5.73 Å². The molecule has 90 valence electrons. The van der Waals surface area contributed by atoms with Crippen LogP contribution in [0.15, 0.2) is 12.3 Å². The maximum atomic E-state index is 12.3. The predicted molar refractivity (Wildman–Crippen MR) is 54.2 cm³/mol. The Bertz CT molecular complexity index is 353. The van der Waals surface area contributed by atoms with E-state index in [1.807, 2.05) is 0 Å². The third kappa shape index (κ3) is 2.99. The Balaban J connectivity index is 2.78. The fraction of sp³-hybridized carbons (Fsp3) is 0.556. The van der Waals surface area contributed by atoms with Crippen molar-refractivity contribution in [3.63, 3.8) is 0 Å². The van der Waals surface area contributed by atoms with Gasteiger partial charge in [0, 0.05) is 26.3 Å². The molecule has 0 bridgehead atoms. The van der Waals surface area contributed by atoms with Crippen LogP contribution in [0.3, 0.4) is 0 Å². The van der Waals surface area contributed by atoms with Crippen molar-refractivity contribution in [3.05, 3.63) is 18.0 Å². The fourth-order valence-corrected chi connectivity index (χ4v) is 1.34. The molecule has 2 N–H and O–H groups in total. The Morgan fingerprint density at radius 3 is 2.81 bits per heavy atom. The molecule has 0 aliphatic heterocycles. The first kappa shape index (κ1) is 12.6. The van der Waals surface area contributed by atoms with Gasteiger partial charge in [-0.15, -0.1) is 0 Å². The van der Waals surface area contributed by atoms with Gasteiger partial charge in [0.05, 0.1) is 6.54 Å². The summed E-state index contributed by atoms with van der Waals surface area (Å²) in [6.07, 6.45) is -1.13. The van der Waals surface area contributed by atoms with E-state index in [0.717, 1.165) is 4.90 Å². The lowest BCUT2D eigenvalue weighted by molar-refractivity contribution is 0.0553. The van der Waals surface area contributed by atoms with E-state index in [1.54, 1.807) is 7.05 Å². The number of hydrogen-bond donors (Lipinski definition) is 1. The molecule has 0 spiro atoms. The Hall–Kier alpha value is -1.50. The zero-order valence-electron chi connectivity index (χ0n) is 8.94. The van der Waals surface area contributed by atoms with Crippen molar-refractivity contribution in [2.75, 3.05) is 19.6 Å². The molecule has 16 heavy (non-hydrogen) atoms. The lowest BCUT2D eigenvalue weighted by Crippen LogP contribution is -2.39. The Kier molecular flexibility index (Phi) is 4.36. The molecule has 1 amide bonds. The van der Waals surface area contributed by atoms with Gasteiger partial charge in [0.2, 0.25) is 0 Å². The molecule has 5 nitrogen and oxygen atoms in total. The summed E-state index contributed by atoms with van der Waals surface area (Å²) >= 11 is 0. The molecular formula is C9H14F2N4O. The number of carbonyl (C=O) groups excluding carboxylic acids is 1. The average molecular weight is 232 g/mol. The van der Waals surface area contributed by atoms with Crippen LogP contribution in [0.25, 0.3) is 0 Å². The van der Waals surface area contributed by atoms with E-state index in [9.17, 15) is 13.6 Å². The number of rotatable bonds is 5. The van der Waals surface area contributed by atoms with Crippen LogP contribution in [0.1, 0.15) is 10.5 Å². The summed E-state index contributed by atoms with van der Waals surface area (Å²) in [6.45, 7) is -0.355. The summed E-state index contributed by atoms with van der Waals surface area (Å²) in [5, 5.41) is 3.81. The van der Waals surface area contributed by atoms with E-state index in [1.165, 1.54) is 16.9 Å². The van der Waals surface area contributed by atoms with Gasteiger partial charge in [-0.2, -0.15) is 5.10 Å². The van der Waals surface area contributed by atoms with Gasteiger partial charge in [-0.25, -0.2) is 8.78 Å². The normalized spacial score (nSPS) is 10.8. The Labute approximate surface area is 91.8 Å². The average Bonchev–Trinajstić information content (AvgIpc) is 2.62. The maximum Gasteiger partial charge on any atom is 0.272 e. The Morgan fingerprint density at radius 1 is 1.69 bits per heavy atom. The SMILES string of the molecule is Cn1nccc1C(=O)N(CCN)CC(F)F. The van der Waals surface area contributed by atoms with Gasteiger partial charge in [-0.3, -0.25) is 9.48 Å². The first-order valence-corrected chi connectivity index (χ1v) is 4.81. The van der Waals surface area contributed by atoms with Gasteiger partial charge in [0.15, 0.2) is 0 Å². The summed E-state index contributed by atoms with van der Waals surface area (Å²) in [5.74, 6) is -0.481. The molecule has 7 heteroatoms. The molecule has 0 saturated heterocycles. The molecule has 0 atom stereocenters. The largest absolute Gasteiger partial charge is 0.330 e. The molecule has 0 fully saturated rings. The number of amides is 1. The maximum absolute atomic E-state index is 12.3. The van der Waals surface area contributed by atoms with Crippen molar-refractivity contribution >= 4 is 5.91 Å². The first-order chi connectivity index (χ1) is 7.56. The highest BCUT2D eigenvalue weighted by atomic mass is 19.3. The lowest BCUT2D eigenvalue weighted by atomic mass is 10.3. The molecule has 0 aliphatic rings. The van der Waals surface area contributed by atoms with Crippen LogP contribution in [0.4, 0.5) is 8.78 Å². The summed E-state index contributed by atoms with van der Waals surface area (Å²) in [4.78, 5) is 12.9. The topological polar surface area (TPSA) is 64.2 Å². The highest BCUT2D eigenvalue weighted by molar-refractivity contribution is 5.92. The van der Waals surface area contributed by atoms with Gasteiger partial charge in [-0.1, -0.05) is 0 Å². The van der Waals surface area contributed by atoms with Gasteiger partial charge in [0.1, 0.15) is 5.69 Å². The standard InChI is InChI=1S/C9H14F2N4O/c1-14-7(2-4-13-14)9(16)15(5-3-12)6-8(10)11/h2,4,8H,3,5-6,12H2,1H3. The molecular weight excluding hydrogens is 218 g/mol. The number of aryl methyl sites for hydroxylation is 1. The van der Waals surface area contributed by atoms with Crippen molar-refractivity contribution in [1.29, 1.82) is 0 Å². The number of halogens is 2. The van der Waals surface area contributed by atoms with Crippen LogP contribution in [-0.2, 0) is 7.05 Å². The summed E-state index contributed by atoms with van der Waals surface area (Å²) < 4.78 is 25.9. The summed E-state index contributed by atoms with van der Waals surface area (Å²) in [7, 11) is 1.58. The van der Waals surface area contributed by atoms with Crippen molar-refractivity contribution in [2.24, 2.45) is 12.8 Å². The minimum Gasteiger partial charge on any atom is -0.330 e. The highest BCUT2D eigenvalue weighted by Gasteiger charge is 2.21. The predicted octanol–water partition coefficient (Wildman–Crippen LogP) is 0.0861. The minimum atomic E-state index is -2.57. The molecule has 1 rings (SSSR count). The lowest BCUT2D eigenvalue weighted by Gasteiger charge is -2.21. The molecule has 1 heterocycles. The molecule has 0 unspecified atom stereocenters. The van der Waals surface area contributed by atoms with Crippen LogP contribution in [0.5, 0.6) is 0 Å². The third-order valence-electron chi connectivity index (χ3n) is 2.08. The first-order valence-electron chi connectivity index (χ1n) is 4.81. The van der Waals surface area contributed by atoms with Crippen LogP contribution >= 0.6 is 0 Å². The summed E-state index contributed by atoms with van der Waals surface area (Å²) in [6, 6.07) is 1.48. The van der Waals surface area contributed by atoms with E-state index >= 15 is 0 Å². The zero-order valence-corrected chi connectivity index (χ0v) is 8.94. The number of carbonyl (C=O) groups is 1. The van der Waals surface area contributed by atoms with Crippen molar-refractivity contribution in [3.8, 4) is 0 Å². The number of alkyl halides is 2. The molecule has 0 saturated carbocycles. The number of hydrogen-bond acceptors (Lipinski definition) is 3. The van der Waals surface area contributed by atoms with Gasteiger partial charge >= 0.3 is 0 Å². The van der Waals surface area contributed by atoms with Crippen molar-refractivity contribution < 1.29 is 13.6 Å². The van der Waals surface area contributed by atoms with Crippen molar-refractivity contribution in [1.82, 2.24) is 14.7 Å². The smallest absolute Gasteiger partial charge is 0.272 e. The molecule has 0 aromatic carbocycles. The number of aromatic nitrogens is 2. The van der Waals surface area contributed by atoms with Crippen LogP contribution in [0.2, 0.25) is 0 Å². The van der Waals surface area contributed by atoms with E-state index in [4.69, 9.17) is 5.73 Å². The van der Waals surface area contributed by atoms with Crippen LogP contribution in [-0.4, -0.2) is 46.6 Å². The second kappa shape index (κ2) is 5.55. The number of nitrogens with two attached hydrogens (primary N) is 1. The van der Waals surface area contributed by atoms with Gasteiger partial charge in [-0.05, 0) is 6.07 Å².